The molecule has 0 spiro atoms. The fraction of sp³-hybridized carbons (Fsp3) is 0.500. The van der Waals surface area contributed by atoms with Crippen LogP contribution in [0.2, 0.25) is 0 Å². The summed E-state index contributed by atoms with van der Waals surface area (Å²) in [5.41, 5.74) is -1.15. The summed E-state index contributed by atoms with van der Waals surface area (Å²) in [6.45, 7) is 0. The van der Waals surface area contributed by atoms with Gasteiger partial charge in [0.2, 0.25) is 0 Å². The van der Waals surface area contributed by atoms with Crippen LogP contribution in [0.5, 0.6) is 5.75 Å². The molecule has 0 amide bonds. The Balaban J connectivity index is 2.23. The summed E-state index contributed by atoms with van der Waals surface area (Å²) < 4.78 is 45.7. The standard InChI is InChI=1S/C12H13F3O3/c1-17-8-6-11(16,7-8)9-4-2-3-5-10(9)18-12(13,14)15/h2-5,8,16H,6-7H2,1H3. The van der Waals surface area contributed by atoms with Gasteiger partial charge >= 0.3 is 6.36 Å². The van der Waals surface area contributed by atoms with Gasteiger partial charge in [-0.2, -0.15) is 0 Å². The Hall–Kier alpha value is -1.27. The lowest BCUT2D eigenvalue weighted by atomic mass is 9.72. The molecule has 0 radical (unpaired) electrons. The minimum Gasteiger partial charge on any atom is -0.405 e. The number of benzene rings is 1. The van der Waals surface area contributed by atoms with Gasteiger partial charge in [-0.05, 0) is 6.07 Å². The Morgan fingerprint density at radius 1 is 1.28 bits per heavy atom. The molecular formula is C12H13F3O3. The quantitative estimate of drug-likeness (QED) is 0.910. The van der Waals surface area contributed by atoms with Crippen LogP contribution in [-0.4, -0.2) is 24.7 Å². The monoisotopic (exact) mass is 262 g/mol. The SMILES string of the molecule is COC1CC(O)(c2ccccc2OC(F)(F)F)C1. The molecule has 1 fully saturated rings. The van der Waals surface area contributed by atoms with Crippen molar-refractivity contribution in [3.63, 3.8) is 0 Å². The smallest absolute Gasteiger partial charge is 0.405 e. The van der Waals surface area contributed by atoms with E-state index in [-0.39, 0.29) is 30.3 Å². The lowest BCUT2D eigenvalue weighted by Crippen LogP contribution is -2.45. The van der Waals surface area contributed by atoms with Crippen LogP contribution in [0.15, 0.2) is 24.3 Å². The predicted octanol–water partition coefficient (Wildman–Crippen LogP) is 2.58. The van der Waals surface area contributed by atoms with E-state index >= 15 is 0 Å². The van der Waals surface area contributed by atoms with Crippen LogP contribution in [0.1, 0.15) is 18.4 Å². The maximum atomic E-state index is 12.2. The molecule has 1 aliphatic carbocycles. The first-order valence-electron chi connectivity index (χ1n) is 5.44. The number of hydrogen-bond acceptors (Lipinski definition) is 3. The zero-order valence-electron chi connectivity index (χ0n) is 9.70. The van der Waals surface area contributed by atoms with Gasteiger partial charge in [-0.25, -0.2) is 0 Å². The topological polar surface area (TPSA) is 38.7 Å². The molecule has 0 unspecified atom stereocenters. The van der Waals surface area contributed by atoms with Crippen molar-refractivity contribution in [3.8, 4) is 5.75 Å². The highest BCUT2D eigenvalue weighted by atomic mass is 19.4. The highest BCUT2D eigenvalue weighted by molar-refractivity contribution is 5.40. The van der Waals surface area contributed by atoms with Crippen molar-refractivity contribution < 1.29 is 27.8 Å². The van der Waals surface area contributed by atoms with E-state index in [0.29, 0.717) is 0 Å². The summed E-state index contributed by atoms with van der Waals surface area (Å²) in [7, 11) is 1.50. The molecule has 6 heteroatoms. The molecule has 0 aliphatic heterocycles. The van der Waals surface area contributed by atoms with E-state index in [0.717, 1.165) is 0 Å². The molecule has 18 heavy (non-hydrogen) atoms. The van der Waals surface area contributed by atoms with Crippen LogP contribution >= 0.6 is 0 Å². The molecule has 1 N–H and O–H groups in total. The maximum Gasteiger partial charge on any atom is 0.573 e. The number of methoxy groups -OCH3 is 1. The second-order valence-corrected chi connectivity index (χ2v) is 4.34. The number of halogens is 3. The van der Waals surface area contributed by atoms with Gasteiger partial charge in [0.25, 0.3) is 0 Å². The van der Waals surface area contributed by atoms with Gasteiger partial charge in [0.1, 0.15) is 5.75 Å². The maximum absolute atomic E-state index is 12.2. The molecular weight excluding hydrogens is 249 g/mol. The van der Waals surface area contributed by atoms with E-state index in [1.807, 2.05) is 0 Å². The number of aliphatic hydroxyl groups is 1. The number of alkyl halides is 3. The van der Waals surface area contributed by atoms with E-state index in [2.05, 4.69) is 4.74 Å². The largest absolute Gasteiger partial charge is 0.573 e. The van der Waals surface area contributed by atoms with Gasteiger partial charge in [-0.3, -0.25) is 0 Å². The van der Waals surface area contributed by atoms with E-state index in [4.69, 9.17) is 4.74 Å². The minimum absolute atomic E-state index is 0.131. The Labute approximate surface area is 102 Å². The average molecular weight is 262 g/mol. The predicted molar refractivity (Wildman–Crippen MR) is 57.1 cm³/mol. The van der Waals surface area contributed by atoms with Crippen LogP contribution in [0.4, 0.5) is 13.2 Å². The first-order valence-corrected chi connectivity index (χ1v) is 5.44. The van der Waals surface area contributed by atoms with Crippen LogP contribution in [-0.2, 0) is 10.3 Å². The van der Waals surface area contributed by atoms with Gasteiger partial charge in [0, 0.05) is 25.5 Å². The van der Waals surface area contributed by atoms with E-state index in [9.17, 15) is 18.3 Å². The second kappa shape index (κ2) is 4.44. The van der Waals surface area contributed by atoms with Crippen LogP contribution in [0.25, 0.3) is 0 Å². The van der Waals surface area contributed by atoms with Crippen molar-refractivity contribution in [1.82, 2.24) is 0 Å². The number of ether oxygens (including phenoxy) is 2. The van der Waals surface area contributed by atoms with Gasteiger partial charge in [-0.15, -0.1) is 13.2 Å². The van der Waals surface area contributed by atoms with Crippen LogP contribution < -0.4 is 4.74 Å². The fourth-order valence-corrected chi connectivity index (χ4v) is 2.14. The van der Waals surface area contributed by atoms with Crippen molar-refractivity contribution in [1.29, 1.82) is 0 Å². The third-order valence-corrected chi connectivity index (χ3v) is 3.08. The summed E-state index contributed by atoms with van der Waals surface area (Å²) in [4.78, 5) is 0. The van der Waals surface area contributed by atoms with Crippen molar-refractivity contribution in [2.45, 2.75) is 30.9 Å². The van der Waals surface area contributed by atoms with Crippen molar-refractivity contribution >= 4 is 0 Å². The van der Waals surface area contributed by atoms with Gasteiger partial charge in [-0.1, -0.05) is 18.2 Å². The third-order valence-electron chi connectivity index (χ3n) is 3.08. The summed E-state index contributed by atoms with van der Waals surface area (Å²) in [5.74, 6) is -0.359. The summed E-state index contributed by atoms with van der Waals surface area (Å²) in [5, 5.41) is 10.2. The summed E-state index contributed by atoms with van der Waals surface area (Å²) in [6.07, 6.45) is -4.37. The molecule has 0 bridgehead atoms. The van der Waals surface area contributed by atoms with E-state index in [1.54, 1.807) is 6.07 Å². The third kappa shape index (κ3) is 2.59. The number of rotatable bonds is 3. The first kappa shape index (κ1) is 13.2. The highest BCUT2D eigenvalue weighted by Crippen LogP contribution is 2.46. The van der Waals surface area contributed by atoms with Gasteiger partial charge in [0.05, 0.1) is 11.7 Å². The minimum atomic E-state index is -4.77. The van der Waals surface area contributed by atoms with Gasteiger partial charge < -0.3 is 14.6 Å². The molecule has 1 aromatic carbocycles. The zero-order valence-corrected chi connectivity index (χ0v) is 9.70. The molecule has 2 rings (SSSR count). The number of hydrogen-bond donors (Lipinski definition) is 1. The molecule has 100 valence electrons. The number of para-hydroxylation sites is 1. The normalized spacial score (nSPS) is 27.7. The Morgan fingerprint density at radius 3 is 2.44 bits per heavy atom. The van der Waals surface area contributed by atoms with Crippen molar-refractivity contribution in [3.05, 3.63) is 29.8 Å². The molecule has 3 nitrogen and oxygen atoms in total. The second-order valence-electron chi connectivity index (χ2n) is 4.34. The van der Waals surface area contributed by atoms with E-state index < -0.39 is 12.0 Å². The lowest BCUT2D eigenvalue weighted by Gasteiger charge is -2.43. The van der Waals surface area contributed by atoms with Crippen molar-refractivity contribution in [2.24, 2.45) is 0 Å². The molecule has 1 aromatic rings. The molecule has 0 atom stereocenters. The average Bonchev–Trinajstić information content (AvgIpc) is 2.23. The van der Waals surface area contributed by atoms with Crippen molar-refractivity contribution in [2.75, 3.05) is 7.11 Å². The van der Waals surface area contributed by atoms with E-state index in [1.165, 1.54) is 25.3 Å². The first-order chi connectivity index (χ1) is 8.34. The Bertz CT molecular complexity index is 425. The van der Waals surface area contributed by atoms with Crippen LogP contribution in [0, 0.1) is 0 Å². The zero-order chi connectivity index (χ0) is 13.4. The summed E-state index contributed by atoms with van der Waals surface area (Å²) >= 11 is 0. The molecule has 0 aromatic heterocycles. The fourth-order valence-electron chi connectivity index (χ4n) is 2.14. The molecule has 1 aliphatic rings. The molecule has 0 saturated heterocycles. The Morgan fingerprint density at radius 2 is 1.89 bits per heavy atom. The van der Waals surface area contributed by atoms with Crippen LogP contribution in [0.3, 0.4) is 0 Å². The highest BCUT2D eigenvalue weighted by Gasteiger charge is 2.47. The lowest BCUT2D eigenvalue weighted by molar-refractivity contribution is -0.275. The van der Waals surface area contributed by atoms with Gasteiger partial charge in [0.15, 0.2) is 0 Å². The molecule has 1 saturated carbocycles. The summed E-state index contributed by atoms with van der Waals surface area (Å²) in [6, 6.07) is 5.63. The molecule has 0 heterocycles. The Kier molecular flexibility index (Phi) is 3.25.